The second kappa shape index (κ2) is 6.44. The van der Waals surface area contributed by atoms with Gasteiger partial charge in [0.1, 0.15) is 0 Å². The summed E-state index contributed by atoms with van der Waals surface area (Å²) >= 11 is 1.61. The van der Waals surface area contributed by atoms with E-state index in [0.29, 0.717) is 17.4 Å². The molecule has 0 saturated heterocycles. The molecule has 0 unspecified atom stereocenters. The van der Waals surface area contributed by atoms with Gasteiger partial charge in [-0.05, 0) is 24.0 Å². The smallest absolute Gasteiger partial charge is 0.0897 e. The maximum absolute atomic E-state index is 12.1. The van der Waals surface area contributed by atoms with Crippen molar-refractivity contribution in [3.63, 3.8) is 0 Å². The Morgan fingerprint density at radius 3 is 2.42 bits per heavy atom. The molecule has 0 fully saturated rings. The Bertz CT molecular complexity index is 558. The summed E-state index contributed by atoms with van der Waals surface area (Å²) in [5.74, 6) is 1.70. The van der Waals surface area contributed by atoms with Crippen molar-refractivity contribution in [3.05, 3.63) is 51.5 Å². The number of nitrogens with zero attached hydrogens (tertiary/aromatic N) is 1. The SMILES string of the molecule is Cc1nc(C[S@](=O)Cc2ccc(C(C)C)cc2)cs1. The van der Waals surface area contributed by atoms with Gasteiger partial charge < -0.3 is 0 Å². The van der Waals surface area contributed by atoms with Crippen molar-refractivity contribution in [2.24, 2.45) is 0 Å². The summed E-state index contributed by atoms with van der Waals surface area (Å²) < 4.78 is 12.1. The Morgan fingerprint density at radius 1 is 1.21 bits per heavy atom. The van der Waals surface area contributed by atoms with Crippen molar-refractivity contribution in [3.8, 4) is 0 Å². The standard InChI is InChI=1S/C15H19NOS2/c1-11(2)14-6-4-13(5-7-14)9-19(17)10-15-8-18-12(3)16-15/h4-8,11H,9-10H2,1-3H3/t19-/m1/s1. The predicted molar refractivity (Wildman–Crippen MR) is 82.9 cm³/mol. The van der Waals surface area contributed by atoms with Gasteiger partial charge in [-0.15, -0.1) is 11.3 Å². The van der Waals surface area contributed by atoms with Crippen LogP contribution in [-0.4, -0.2) is 9.19 Å². The third-order valence-corrected chi connectivity index (χ3v) is 5.04. The Kier molecular flexibility index (Phi) is 4.88. The quantitative estimate of drug-likeness (QED) is 0.833. The highest BCUT2D eigenvalue weighted by atomic mass is 32.2. The summed E-state index contributed by atoms with van der Waals surface area (Å²) in [6.45, 7) is 6.33. The van der Waals surface area contributed by atoms with E-state index in [4.69, 9.17) is 0 Å². The molecule has 0 saturated carbocycles. The fourth-order valence-electron chi connectivity index (χ4n) is 1.88. The van der Waals surface area contributed by atoms with Crippen LogP contribution in [-0.2, 0) is 22.3 Å². The number of aryl methyl sites for hydroxylation is 1. The summed E-state index contributed by atoms with van der Waals surface area (Å²) in [7, 11) is -0.882. The van der Waals surface area contributed by atoms with Crippen LogP contribution in [0.3, 0.4) is 0 Å². The minimum atomic E-state index is -0.882. The molecule has 0 aliphatic carbocycles. The molecule has 0 N–H and O–H groups in total. The highest BCUT2D eigenvalue weighted by Gasteiger charge is 2.07. The van der Waals surface area contributed by atoms with E-state index in [1.165, 1.54) is 5.56 Å². The van der Waals surface area contributed by atoms with E-state index in [9.17, 15) is 4.21 Å². The van der Waals surface area contributed by atoms with Gasteiger partial charge in [-0.3, -0.25) is 4.21 Å². The molecule has 0 aliphatic rings. The van der Waals surface area contributed by atoms with Crippen LogP contribution in [0.1, 0.15) is 41.6 Å². The monoisotopic (exact) mass is 293 g/mol. The molecule has 1 aromatic heterocycles. The number of hydrogen-bond acceptors (Lipinski definition) is 3. The van der Waals surface area contributed by atoms with Crippen LogP contribution in [0, 0.1) is 6.92 Å². The first-order chi connectivity index (χ1) is 9.04. The van der Waals surface area contributed by atoms with Crippen LogP contribution in [0.25, 0.3) is 0 Å². The molecule has 1 atom stereocenters. The van der Waals surface area contributed by atoms with Crippen molar-refractivity contribution in [2.75, 3.05) is 0 Å². The molecule has 1 aromatic carbocycles. The van der Waals surface area contributed by atoms with E-state index in [2.05, 4.69) is 43.1 Å². The lowest BCUT2D eigenvalue weighted by molar-refractivity contribution is 0.681. The van der Waals surface area contributed by atoms with Gasteiger partial charge in [-0.25, -0.2) is 4.98 Å². The second-order valence-electron chi connectivity index (χ2n) is 4.98. The molecule has 0 amide bonds. The third kappa shape index (κ3) is 4.25. The zero-order valence-corrected chi connectivity index (χ0v) is 13.2. The van der Waals surface area contributed by atoms with Crippen molar-refractivity contribution >= 4 is 22.1 Å². The van der Waals surface area contributed by atoms with Crippen molar-refractivity contribution in [1.82, 2.24) is 4.98 Å². The molecule has 102 valence electrons. The molecule has 0 spiro atoms. The van der Waals surface area contributed by atoms with Gasteiger partial charge >= 0.3 is 0 Å². The van der Waals surface area contributed by atoms with Crippen molar-refractivity contribution < 1.29 is 4.21 Å². The molecule has 1 heterocycles. The molecule has 19 heavy (non-hydrogen) atoms. The largest absolute Gasteiger partial charge is 0.259 e. The first-order valence-electron chi connectivity index (χ1n) is 6.39. The predicted octanol–water partition coefficient (Wildman–Crippen LogP) is 4.02. The normalized spacial score (nSPS) is 12.8. The minimum Gasteiger partial charge on any atom is -0.259 e. The highest BCUT2D eigenvalue weighted by molar-refractivity contribution is 7.83. The number of thiazole rings is 1. The molecule has 0 bridgehead atoms. The van der Waals surface area contributed by atoms with Gasteiger partial charge in [0.05, 0.1) is 16.5 Å². The lowest BCUT2D eigenvalue weighted by Gasteiger charge is -2.06. The Morgan fingerprint density at radius 2 is 1.89 bits per heavy atom. The molecule has 2 aromatic rings. The maximum atomic E-state index is 12.1. The Labute approximate surface area is 121 Å². The third-order valence-electron chi connectivity index (χ3n) is 2.95. The van der Waals surface area contributed by atoms with Crippen LogP contribution < -0.4 is 0 Å². The fourth-order valence-corrected chi connectivity index (χ4v) is 3.74. The average molecular weight is 293 g/mol. The molecule has 0 aliphatic heterocycles. The summed E-state index contributed by atoms with van der Waals surface area (Å²) in [6, 6.07) is 8.42. The van der Waals surface area contributed by atoms with E-state index in [-0.39, 0.29) is 0 Å². The maximum Gasteiger partial charge on any atom is 0.0897 e. The summed E-state index contributed by atoms with van der Waals surface area (Å²) in [6.07, 6.45) is 0. The average Bonchev–Trinajstić information content (AvgIpc) is 2.75. The van der Waals surface area contributed by atoms with Crippen LogP contribution in [0.5, 0.6) is 0 Å². The number of hydrogen-bond donors (Lipinski definition) is 0. The minimum absolute atomic E-state index is 0.539. The molecule has 4 heteroatoms. The zero-order valence-electron chi connectivity index (χ0n) is 11.6. The molecular weight excluding hydrogens is 274 g/mol. The molecule has 2 rings (SSSR count). The van der Waals surface area contributed by atoms with Crippen LogP contribution in [0.15, 0.2) is 29.6 Å². The number of aromatic nitrogens is 1. The topological polar surface area (TPSA) is 30.0 Å². The van der Waals surface area contributed by atoms with Gasteiger partial charge in [-0.2, -0.15) is 0 Å². The van der Waals surface area contributed by atoms with Gasteiger partial charge in [-0.1, -0.05) is 38.1 Å². The van der Waals surface area contributed by atoms with Crippen molar-refractivity contribution in [2.45, 2.75) is 38.2 Å². The zero-order chi connectivity index (χ0) is 13.8. The molecular formula is C15H19NOS2. The van der Waals surface area contributed by atoms with E-state index >= 15 is 0 Å². The van der Waals surface area contributed by atoms with Crippen molar-refractivity contribution in [1.29, 1.82) is 0 Å². The first kappa shape index (κ1) is 14.4. The van der Waals surface area contributed by atoms with Gasteiger partial charge in [0.25, 0.3) is 0 Å². The fraction of sp³-hybridized carbons (Fsp3) is 0.400. The molecule has 2 nitrogen and oxygen atoms in total. The van der Waals surface area contributed by atoms with Gasteiger partial charge in [0, 0.05) is 21.9 Å². The summed E-state index contributed by atoms with van der Waals surface area (Å²) in [5, 5.41) is 3.03. The molecule has 0 radical (unpaired) electrons. The van der Waals surface area contributed by atoms with E-state index in [0.717, 1.165) is 16.3 Å². The first-order valence-corrected chi connectivity index (χ1v) is 8.76. The van der Waals surface area contributed by atoms with Crippen LogP contribution in [0.4, 0.5) is 0 Å². The lowest BCUT2D eigenvalue weighted by atomic mass is 10.0. The van der Waals surface area contributed by atoms with Crippen LogP contribution in [0.2, 0.25) is 0 Å². The van der Waals surface area contributed by atoms with E-state index in [1.54, 1.807) is 11.3 Å². The highest BCUT2D eigenvalue weighted by Crippen LogP contribution is 2.16. The van der Waals surface area contributed by atoms with E-state index in [1.807, 2.05) is 12.3 Å². The second-order valence-corrected chi connectivity index (χ2v) is 7.50. The summed E-state index contributed by atoms with van der Waals surface area (Å²) in [5.41, 5.74) is 3.40. The summed E-state index contributed by atoms with van der Waals surface area (Å²) in [4.78, 5) is 4.36. The Balaban J connectivity index is 1.95. The Hall–Kier alpha value is -1.00. The number of benzene rings is 1. The van der Waals surface area contributed by atoms with Crippen LogP contribution >= 0.6 is 11.3 Å². The van der Waals surface area contributed by atoms with Gasteiger partial charge in [0.2, 0.25) is 0 Å². The van der Waals surface area contributed by atoms with Gasteiger partial charge in [0.15, 0.2) is 0 Å². The van der Waals surface area contributed by atoms with E-state index < -0.39 is 10.8 Å². The lowest BCUT2D eigenvalue weighted by Crippen LogP contribution is -2.00. The number of rotatable bonds is 5.